The highest BCUT2D eigenvalue weighted by Crippen LogP contribution is 2.22. The minimum atomic E-state index is -0.243. The molecule has 0 radical (unpaired) electrons. The van der Waals surface area contributed by atoms with Gasteiger partial charge >= 0.3 is 0 Å². The van der Waals surface area contributed by atoms with Gasteiger partial charge < -0.3 is 15.4 Å². The standard InChI is InChI=1S/C20H21N3O3S/c24-15-6-8-23(11-15)10-14-3-1-13(2-4-14)9-22-19(25)16-12-27-17-5-7-21-20(26)18(16)17/h1-5,7,12,15,24H,6,8-11H2,(H,21,26)(H,22,25)/t15-/m1/s1. The van der Waals surface area contributed by atoms with E-state index >= 15 is 0 Å². The van der Waals surface area contributed by atoms with Crippen molar-refractivity contribution in [2.24, 2.45) is 0 Å². The monoisotopic (exact) mass is 383 g/mol. The predicted octanol–water partition coefficient (Wildman–Crippen LogP) is 2.09. The first kappa shape index (κ1) is 17.9. The number of H-pyrrole nitrogens is 1. The Morgan fingerprint density at radius 3 is 2.78 bits per heavy atom. The van der Waals surface area contributed by atoms with Crippen molar-refractivity contribution in [2.75, 3.05) is 13.1 Å². The molecule has 1 saturated heterocycles. The third kappa shape index (κ3) is 3.95. The van der Waals surface area contributed by atoms with Crippen LogP contribution in [0.3, 0.4) is 0 Å². The quantitative estimate of drug-likeness (QED) is 0.630. The third-order valence-corrected chi connectivity index (χ3v) is 5.82. The molecule has 7 heteroatoms. The molecule has 1 atom stereocenters. The molecule has 0 saturated carbocycles. The van der Waals surface area contributed by atoms with Crippen LogP contribution in [0.15, 0.2) is 46.7 Å². The number of carbonyl (C=O) groups excluding carboxylic acids is 1. The predicted molar refractivity (Wildman–Crippen MR) is 106 cm³/mol. The summed E-state index contributed by atoms with van der Waals surface area (Å²) >= 11 is 1.39. The lowest BCUT2D eigenvalue weighted by Gasteiger charge is -2.15. The second-order valence-electron chi connectivity index (χ2n) is 6.87. The molecule has 1 aliphatic heterocycles. The zero-order valence-electron chi connectivity index (χ0n) is 14.8. The summed E-state index contributed by atoms with van der Waals surface area (Å²) in [6, 6.07) is 9.91. The average Bonchev–Trinajstić information content (AvgIpc) is 3.28. The molecule has 0 spiro atoms. The fourth-order valence-electron chi connectivity index (χ4n) is 3.42. The van der Waals surface area contributed by atoms with Crippen LogP contribution >= 0.6 is 11.3 Å². The minimum Gasteiger partial charge on any atom is -0.392 e. The zero-order valence-corrected chi connectivity index (χ0v) is 15.6. The molecule has 0 unspecified atom stereocenters. The Bertz CT molecular complexity index is 1010. The van der Waals surface area contributed by atoms with Crippen molar-refractivity contribution in [2.45, 2.75) is 25.6 Å². The van der Waals surface area contributed by atoms with E-state index in [1.807, 2.05) is 12.1 Å². The summed E-state index contributed by atoms with van der Waals surface area (Å²) < 4.78 is 0.806. The number of benzene rings is 1. The van der Waals surface area contributed by atoms with Crippen molar-refractivity contribution in [3.05, 3.63) is 69.0 Å². The number of pyridine rings is 1. The van der Waals surface area contributed by atoms with Crippen LogP contribution in [0.25, 0.3) is 10.1 Å². The SMILES string of the molecule is O=C(NCc1ccc(CN2CC[C@@H](O)C2)cc1)c1csc2cc[nH]c(=O)c12. The summed E-state index contributed by atoms with van der Waals surface area (Å²) in [6.07, 6.45) is 2.22. The van der Waals surface area contributed by atoms with Crippen LogP contribution in [0.2, 0.25) is 0 Å². The van der Waals surface area contributed by atoms with E-state index in [4.69, 9.17) is 0 Å². The molecule has 140 valence electrons. The van der Waals surface area contributed by atoms with Gasteiger partial charge in [-0.3, -0.25) is 14.5 Å². The fraction of sp³-hybridized carbons (Fsp3) is 0.300. The van der Waals surface area contributed by atoms with Crippen LogP contribution in [-0.2, 0) is 13.1 Å². The maximum atomic E-state index is 12.5. The Hall–Kier alpha value is -2.48. The minimum absolute atomic E-state index is 0.208. The summed E-state index contributed by atoms with van der Waals surface area (Å²) in [5.74, 6) is -0.243. The number of carbonyl (C=O) groups is 1. The highest BCUT2D eigenvalue weighted by atomic mass is 32.1. The van der Waals surface area contributed by atoms with E-state index < -0.39 is 0 Å². The fourth-order valence-corrected chi connectivity index (χ4v) is 4.35. The number of fused-ring (bicyclic) bond motifs is 1. The molecule has 1 aromatic carbocycles. The molecule has 1 aliphatic rings. The van der Waals surface area contributed by atoms with E-state index in [0.717, 1.165) is 36.3 Å². The lowest BCUT2D eigenvalue weighted by molar-refractivity contribution is 0.0953. The van der Waals surface area contributed by atoms with Gasteiger partial charge in [-0.15, -0.1) is 11.3 Å². The summed E-state index contributed by atoms with van der Waals surface area (Å²) in [5.41, 5.74) is 2.37. The first-order valence-electron chi connectivity index (χ1n) is 8.95. The average molecular weight is 383 g/mol. The number of hydrogen-bond donors (Lipinski definition) is 3. The van der Waals surface area contributed by atoms with E-state index in [1.54, 1.807) is 17.6 Å². The summed E-state index contributed by atoms with van der Waals surface area (Å²) in [5, 5.41) is 14.7. The molecule has 4 rings (SSSR count). The van der Waals surface area contributed by atoms with E-state index in [-0.39, 0.29) is 17.6 Å². The van der Waals surface area contributed by atoms with Crippen LogP contribution in [0.5, 0.6) is 0 Å². The van der Waals surface area contributed by atoms with Crippen molar-refractivity contribution in [3.63, 3.8) is 0 Å². The number of nitrogens with zero attached hydrogens (tertiary/aromatic N) is 1. The number of β-amino-alcohol motifs (C(OH)–C–C–N with tert-alkyl or cyclic N) is 1. The number of aromatic nitrogens is 1. The molecule has 0 bridgehead atoms. The number of nitrogens with one attached hydrogen (secondary N) is 2. The molecule has 27 heavy (non-hydrogen) atoms. The molecular weight excluding hydrogens is 362 g/mol. The lowest BCUT2D eigenvalue weighted by Crippen LogP contribution is -2.24. The van der Waals surface area contributed by atoms with E-state index in [2.05, 4.69) is 27.3 Å². The summed E-state index contributed by atoms with van der Waals surface area (Å²) in [6.45, 7) is 2.88. The van der Waals surface area contributed by atoms with Gasteiger partial charge in [-0.05, 0) is 23.6 Å². The van der Waals surface area contributed by atoms with Crippen LogP contribution in [-0.4, -0.2) is 40.1 Å². The Labute approximate surface area is 160 Å². The van der Waals surface area contributed by atoms with Crippen LogP contribution in [0.1, 0.15) is 27.9 Å². The molecule has 3 heterocycles. The first-order valence-corrected chi connectivity index (χ1v) is 9.83. The highest BCUT2D eigenvalue weighted by molar-refractivity contribution is 7.17. The molecular formula is C20H21N3O3S. The molecule has 1 fully saturated rings. The Balaban J connectivity index is 1.38. The summed E-state index contributed by atoms with van der Waals surface area (Å²) in [7, 11) is 0. The van der Waals surface area contributed by atoms with Crippen molar-refractivity contribution in [1.82, 2.24) is 15.2 Å². The molecule has 2 aromatic heterocycles. The normalized spacial score (nSPS) is 17.4. The van der Waals surface area contributed by atoms with Gasteiger partial charge in [-0.2, -0.15) is 0 Å². The van der Waals surface area contributed by atoms with Gasteiger partial charge in [-0.25, -0.2) is 0 Å². The Morgan fingerprint density at radius 2 is 2.04 bits per heavy atom. The second kappa shape index (κ2) is 7.64. The Kier molecular flexibility index (Phi) is 5.07. The number of thiophene rings is 1. The number of amides is 1. The lowest BCUT2D eigenvalue weighted by atomic mass is 10.1. The number of aliphatic hydroxyl groups is 1. The Morgan fingerprint density at radius 1 is 1.26 bits per heavy atom. The summed E-state index contributed by atoms with van der Waals surface area (Å²) in [4.78, 5) is 29.3. The number of rotatable bonds is 5. The molecule has 1 amide bonds. The highest BCUT2D eigenvalue weighted by Gasteiger charge is 2.20. The number of likely N-dealkylation sites (tertiary alicyclic amines) is 1. The topological polar surface area (TPSA) is 85.4 Å². The zero-order chi connectivity index (χ0) is 18.8. The van der Waals surface area contributed by atoms with Gasteiger partial charge in [-0.1, -0.05) is 24.3 Å². The third-order valence-electron chi connectivity index (χ3n) is 4.87. The van der Waals surface area contributed by atoms with Crippen LogP contribution in [0, 0.1) is 0 Å². The van der Waals surface area contributed by atoms with Crippen molar-refractivity contribution in [3.8, 4) is 0 Å². The van der Waals surface area contributed by atoms with Gasteiger partial charge in [0.25, 0.3) is 11.5 Å². The van der Waals surface area contributed by atoms with Crippen molar-refractivity contribution < 1.29 is 9.90 Å². The van der Waals surface area contributed by atoms with E-state index in [9.17, 15) is 14.7 Å². The van der Waals surface area contributed by atoms with Gasteiger partial charge in [0, 0.05) is 42.5 Å². The second-order valence-corrected chi connectivity index (χ2v) is 7.78. The molecule has 3 N–H and O–H groups in total. The molecule has 3 aromatic rings. The maximum absolute atomic E-state index is 12.5. The number of hydrogen-bond acceptors (Lipinski definition) is 5. The van der Waals surface area contributed by atoms with Gasteiger partial charge in [0.15, 0.2) is 0 Å². The molecule has 6 nitrogen and oxygen atoms in total. The molecule has 0 aliphatic carbocycles. The van der Waals surface area contributed by atoms with Crippen molar-refractivity contribution in [1.29, 1.82) is 0 Å². The van der Waals surface area contributed by atoms with E-state index in [1.165, 1.54) is 16.9 Å². The first-order chi connectivity index (χ1) is 13.1. The van der Waals surface area contributed by atoms with Gasteiger partial charge in [0.1, 0.15) is 0 Å². The maximum Gasteiger partial charge on any atom is 0.257 e. The number of aliphatic hydroxyl groups excluding tert-OH is 1. The van der Waals surface area contributed by atoms with Gasteiger partial charge in [0.2, 0.25) is 0 Å². The van der Waals surface area contributed by atoms with Crippen molar-refractivity contribution >= 4 is 27.3 Å². The van der Waals surface area contributed by atoms with Crippen LogP contribution in [0.4, 0.5) is 0 Å². The number of aromatic amines is 1. The smallest absolute Gasteiger partial charge is 0.257 e. The van der Waals surface area contributed by atoms with E-state index in [0.29, 0.717) is 17.5 Å². The largest absolute Gasteiger partial charge is 0.392 e. The van der Waals surface area contributed by atoms with Crippen LogP contribution < -0.4 is 10.9 Å². The van der Waals surface area contributed by atoms with Gasteiger partial charge in [0.05, 0.1) is 17.1 Å².